The normalized spacial score (nSPS) is 11.1. The van der Waals surface area contributed by atoms with Crippen LogP contribution in [0.25, 0.3) is 17.1 Å². The standard InChI is InChI=1S/C21H16BrN5OS2/c22-16-8-10-17(11-9-16)27-20(15-5-2-1-3-6-15)25-26-21(27)30-14-19(28)24-23-13-18-7-4-12-29-18/h1-13H,14H2,(H,24,28)/b23-13-. The van der Waals surface area contributed by atoms with Crippen LogP contribution in [0.5, 0.6) is 0 Å². The smallest absolute Gasteiger partial charge is 0.250 e. The maximum Gasteiger partial charge on any atom is 0.250 e. The Balaban J connectivity index is 1.53. The van der Waals surface area contributed by atoms with Crippen molar-refractivity contribution in [2.24, 2.45) is 5.10 Å². The summed E-state index contributed by atoms with van der Waals surface area (Å²) < 4.78 is 2.94. The van der Waals surface area contributed by atoms with Crippen LogP contribution < -0.4 is 5.43 Å². The number of carbonyl (C=O) groups excluding carboxylic acids is 1. The highest BCUT2D eigenvalue weighted by Gasteiger charge is 2.17. The molecule has 0 aliphatic heterocycles. The molecule has 150 valence electrons. The summed E-state index contributed by atoms with van der Waals surface area (Å²) in [7, 11) is 0. The van der Waals surface area contributed by atoms with Gasteiger partial charge in [-0.15, -0.1) is 21.5 Å². The molecule has 1 N–H and O–H groups in total. The summed E-state index contributed by atoms with van der Waals surface area (Å²) in [5.41, 5.74) is 4.42. The number of nitrogens with one attached hydrogen (secondary N) is 1. The van der Waals surface area contributed by atoms with Crippen molar-refractivity contribution in [2.75, 3.05) is 5.75 Å². The van der Waals surface area contributed by atoms with Crippen LogP contribution in [0.2, 0.25) is 0 Å². The molecule has 2 aromatic carbocycles. The van der Waals surface area contributed by atoms with E-state index in [9.17, 15) is 4.79 Å². The number of amides is 1. The van der Waals surface area contributed by atoms with E-state index < -0.39 is 0 Å². The number of benzene rings is 2. The molecule has 0 unspecified atom stereocenters. The molecular formula is C21H16BrN5OS2. The zero-order valence-electron chi connectivity index (χ0n) is 15.6. The minimum absolute atomic E-state index is 0.172. The van der Waals surface area contributed by atoms with Crippen LogP contribution in [0.3, 0.4) is 0 Å². The number of rotatable bonds is 7. The van der Waals surface area contributed by atoms with Gasteiger partial charge in [-0.05, 0) is 35.7 Å². The van der Waals surface area contributed by atoms with E-state index in [-0.39, 0.29) is 11.7 Å². The number of halogens is 1. The molecule has 4 aromatic rings. The monoisotopic (exact) mass is 497 g/mol. The van der Waals surface area contributed by atoms with Crippen molar-refractivity contribution >= 4 is 51.2 Å². The second-order valence-electron chi connectivity index (χ2n) is 6.08. The number of thioether (sulfide) groups is 1. The number of hydrogen-bond acceptors (Lipinski definition) is 6. The Morgan fingerprint density at radius 3 is 2.63 bits per heavy atom. The van der Waals surface area contributed by atoms with Gasteiger partial charge in [0.25, 0.3) is 5.91 Å². The molecular weight excluding hydrogens is 482 g/mol. The van der Waals surface area contributed by atoms with E-state index in [1.54, 1.807) is 17.6 Å². The first-order valence-electron chi connectivity index (χ1n) is 8.96. The Bertz CT molecular complexity index is 1140. The fourth-order valence-electron chi connectivity index (χ4n) is 2.66. The molecule has 0 bridgehead atoms. The summed E-state index contributed by atoms with van der Waals surface area (Å²) >= 11 is 6.33. The Hall–Kier alpha value is -2.75. The van der Waals surface area contributed by atoms with Crippen LogP contribution in [0.4, 0.5) is 0 Å². The van der Waals surface area contributed by atoms with Crippen molar-refractivity contribution in [1.29, 1.82) is 0 Å². The minimum Gasteiger partial charge on any atom is -0.272 e. The number of carbonyl (C=O) groups is 1. The van der Waals surface area contributed by atoms with Gasteiger partial charge in [-0.2, -0.15) is 5.10 Å². The Morgan fingerprint density at radius 2 is 1.90 bits per heavy atom. The molecule has 6 nitrogen and oxygen atoms in total. The van der Waals surface area contributed by atoms with Gasteiger partial charge in [0, 0.05) is 20.6 Å². The molecule has 0 aliphatic carbocycles. The first-order chi connectivity index (χ1) is 14.7. The van der Waals surface area contributed by atoms with Crippen molar-refractivity contribution in [2.45, 2.75) is 5.16 Å². The fraction of sp³-hybridized carbons (Fsp3) is 0.0476. The predicted octanol–water partition coefficient (Wildman–Crippen LogP) is 5.00. The van der Waals surface area contributed by atoms with Gasteiger partial charge in [0.2, 0.25) is 0 Å². The first-order valence-corrected chi connectivity index (χ1v) is 11.6. The summed E-state index contributed by atoms with van der Waals surface area (Å²) in [6.45, 7) is 0. The summed E-state index contributed by atoms with van der Waals surface area (Å²) in [5, 5.41) is 15.3. The molecule has 0 saturated carbocycles. The molecule has 2 heterocycles. The summed E-state index contributed by atoms with van der Waals surface area (Å²) in [4.78, 5) is 13.2. The first kappa shape index (κ1) is 20.5. The van der Waals surface area contributed by atoms with E-state index >= 15 is 0 Å². The third-order valence-electron chi connectivity index (χ3n) is 4.01. The van der Waals surface area contributed by atoms with Crippen LogP contribution in [-0.4, -0.2) is 32.6 Å². The zero-order chi connectivity index (χ0) is 20.8. The lowest BCUT2D eigenvalue weighted by Crippen LogP contribution is -2.19. The maximum absolute atomic E-state index is 12.2. The topological polar surface area (TPSA) is 72.2 Å². The van der Waals surface area contributed by atoms with Gasteiger partial charge in [0.05, 0.1) is 12.0 Å². The maximum atomic E-state index is 12.2. The van der Waals surface area contributed by atoms with E-state index in [0.29, 0.717) is 5.16 Å². The highest BCUT2D eigenvalue weighted by Crippen LogP contribution is 2.28. The summed E-state index contributed by atoms with van der Waals surface area (Å²) in [6.07, 6.45) is 1.63. The molecule has 0 fully saturated rings. The van der Waals surface area contributed by atoms with Gasteiger partial charge in [0.15, 0.2) is 11.0 Å². The van der Waals surface area contributed by atoms with Gasteiger partial charge in [-0.3, -0.25) is 9.36 Å². The lowest BCUT2D eigenvalue weighted by molar-refractivity contribution is -0.118. The van der Waals surface area contributed by atoms with Crippen LogP contribution in [0, 0.1) is 0 Å². The third kappa shape index (κ3) is 5.05. The van der Waals surface area contributed by atoms with E-state index in [2.05, 4.69) is 36.7 Å². The Morgan fingerprint density at radius 1 is 1.10 bits per heavy atom. The SMILES string of the molecule is O=C(CSc1nnc(-c2ccccc2)n1-c1ccc(Br)cc1)N/N=C\c1cccs1. The van der Waals surface area contributed by atoms with Crippen molar-refractivity contribution in [3.8, 4) is 17.1 Å². The van der Waals surface area contributed by atoms with E-state index in [1.165, 1.54) is 11.8 Å². The van der Waals surface area contributed by atoms with Gasteiger partial charge in [-0.25, -0.2) is 5.43 Å². The fourth-order valence-corrected chi connectivity index (χ4v) is 4.25. The molecule has 2 aromatic heterocycles. The molecule has 30 heavy (non-hydrogen) atoms. The van der Waals surface area contributed by atoms with Crippen molar-refractivity contribution in [3.63, 3.8) is 0 Å². The van der Waals surface area contributed by atoms with E-state index in [0.717, 1.165) is 26.4 Å². The molecule has 0 atom stereocenters. The number of thiophene rings is 1. The molecule has 0 saturated heterocycles. The van der Waals surface area contributed by atoms with Gasteiger partial charge in [-0.1, -0.05) is 64.1 Å². The Kier molecular flexibility index (Phi) is 6.73. The van der Waals surface area contributed by atoms with Crippen LogP contribution in [0.15, 0.2) is 86.8 Å². The lowest BCUT2D eigenvalue weighted by atomic mass is 10.2. The van der Waals surface area contributed by atoms with E-state index in [4.69, 9.17) is 0 Å². The number of nitrogens with zero attached hydrogens (tertiary/aromatic N) is 4. The molecule has 0 spiro atoms. The third-order valence-corrected chi connectivity index (χ3v) is 6.27. The van der Waals surface area contributed by atoms with Crippen molar-refractivity contribution in [1.82, 2.24) is 20.2 Å². The molecule has 4 rings (SSSR count). The van der Waals surface area contributed by atoms with E-state index in [1.807, 2.05) is 76.7 Å². The minimum atomic E-state index is -0.209. The summed E-state index contributed by atoms with van der Waals surface area (Å²) in [5.74, 6) is 0.682. The molecule has 0 aliphatic rings. The molecule has 9 heteroatoms. The lowest BCUT2D eigenvalue weighted by Gasteiger charge is -2.10. The van der Waals surface area contributed by atoms with Crippen LogP contribution in [0.1, 0.15) is 4.88 Å². The van der Waals surface area contributed by atoms with Crippen molar-refractivity contribution < 1.29 is 4.79 Å². The molecule has 0 radical (unpaired) electrons. The second kappa shape index (κ2) is 9.84. The highest BCUT2D eigenvalue weighted by atomic mass is 79.9. The average molecular weight is 498 g/mol. The zero-order valence-corrected chi connectivity index (χ0v) is 18.8. The largest absolute Gasteiger partial charge is 0.272 e. The number of hydrogen-bond donors (Lipinski definition) is 1. The van der Waals surface area contributed by atoms with Crippen LogP contribution >= 0.6 is 39.0 Å². The summed E-state index contributed by atoms with van der Waals surface area (Å²) in [6, 6.07) is 21.6. The van der Waals surface area contributed by atoms with Gasteiger partial charge < -0.3 is 0 Å². The van der Waals surface area contributed by atoms with Gasteiger partial charge >= 0.3 is 0 Å². The highest BCUT2D eigenvalue weighted by molar-refractivity contribution is 9.10. The van der Waals surface area contributed by atoms with Crippen molar-refractivity contribution in [3.05, 3.63) is 81.5 Å². The number of aromatic nitrogens is 3. The average Bonchev–Trinajstić information content (AvgIpc) is 3.43. The van der Waals surface area contributed by atoms with Gasteiger partial charge in [0.1, 0.15) is 0 Å². The Labute approximate surface area is 190 Å². The predicted molar refractivity (Wildman–Crippen MR) is 125 cm³/mol. The molecule has 1 amide bonds. The number of hydrazone groups is 1. The quantitative estimate of drug-likeness (QED) is 0.221. The van der Waals surface area contributed by atoms with Crippen LogP contribution in [-0.2, 0) is 4.79 Å². The second-order valence-corrected chi connectivity index (χ2v) is 8.92.